The number of nitrogens with two attached hydrogens (primary N) is 3. The summed E-state index contributed by atoms with van der Waals surface area (Å²) < 4.78 is 147. The third kappa shape index (κ3) is 25.8. The van der Waals surface area contributed by atoms with Gasteiger partial charge in [-0.15, -0.1) is 0 Å². The van der Waals surface area contributed by atoms with Crippen LogP contribution >= 0.6 is 47.1 Å². The SMILES string of the molecule is COP([O-])(=S)O[C@@H]1C[C@H](n2cc(C)c(=O)[nH]c2=O)O[C@@H]1COP([O-])(=S)O[C@@H]1C[C@H](n2cc(C)c(=O)[nH]c2=O)O[C@@H]1COP([O-])(=S)O[C@@H]1C[C@H](n2cc(C)c(N)nc2=O)O[C@@H]1COP([O-])(=S)O[C@@H]1C[C@H](n2cnc3c(N)ncnc32)O[C@@H]1COP([O-])(=S)O[C@@H]1C[C@H](n2cc(C)c(=O)[nH]c2=O)O[C@@H]1COP(=O)([S-])O[C@@H]1C[C@H](n2cnc3c(=O)[nH]c(N)nc32)O[C@@H]1COP([O-])(=S)O[C@@H]1C[C@H](n2cc(C)c(=O)[nH]c2=O)O[C@@H]1C. The highest BCUT2D eigenvalue weighted by atomic mass is 32.7. The van der Waals surface area contributed by atoms with Gasteiger partial charge in [0.2, 0.25) is 5.95 Å². The average Bonchev–Trinajstić information content (AvgIpc) is 1.61. The summed E-state index contributed by atoms with van der Waals surface area (Å²) in [4.78, 5) is 251. The Labute approximate surface area is 843 Å². The maximum Gasteiger partial charge on any atom is 0.351 e. The van der Waals surface area contributed by atoms with Crippen LogP contribution in [0, 0.1) is 34.6 Å². The molecule has 144 heavy (non-hydrogen) atoms. The molecule has 9 aromatic rings. The summed E-state index contributed by atoms with van der Waals surface area (Å²) in [6.45, 7) is -30.3. The molecule has 7 saturated heterocycles. The molecular formula is C71H87N21O38P7S7-7. The van der Waals surface area contributed by atoms with E-state index in [1.54, 1.807) is 6.92 Å². The Morgan fingerprint density at radius 1 is 0.368 bits per heavy atom. The maximum atomic E-state index is 15.0. The van der Waals surface area contributed by atoms with E-state index in [0.717, 1.165) is 48.7 Å². The lowest BCUT2D eigenvalue weighted by Crippen LogP contribution is -2.35. The number of hydrogen-bond donors (Lipinski definition) is 8. The Morgan fingerprint density at radius 2 is 0.667 bits per heavy atom. The molecule has 788 valence electrons. The summed E-state index contributed by atoms with van der Waals surface area (Å²) in [5.41, 5.74) is 10.3. The standard InChI is InChI=1S/C71H94N21O38P7S7/c1-29-15-86(67(98)79-57(29)72)49-10-37(126-134(106,141)113-22-44-38(11-51(120-44)89-18-32(4)63(95)84-70(89)101)127-133(105,140)112-20-42-36(125-131(103,138)110-7)9-50(118-42)88-17-31(3)62(94)83-69(88)100)43(119-49)21-114-136(108,143)129-40-13-53(91-27-77-55-58(73)75-26-76-59(55)91)122-46(40)25-116-135(107,142)128-39-12-52(90-19-33(5)64(96)85-71(90)102)121-45(39)23-115-137(109,144)130-41-14-54(92-28-78-56-60(92)80-66(74)81-65(56)97)123-47(41)24-111-132(104,139)124-35-8-48(117-34(35)6)87-16-30(2)61(93)82-68(87)99/h15-19,26-28,34-54H,8-14,20-25H2,1-7H3,(H,103,138)(H,104,139)(H,105,140)(H,106,141)(H,107,142)(H,108,143)(H,109,144)(H2,72,79,98)(H2,73,75,76)(H,82,93,99)(H,83,94,100)(H,84,95,101)(H,85,96,102)(H3,74,80,81,97)/p-7/t34-,35-,36-,37-,38-,39-,40-,41-,42-,43-,44-,45-,46-,47-,48-,49-,50-,51-,52-,53-,54-,131?,132?,133?,134?,135?,136?,137?/m1/s1. The molecule has 7 aliphatic heterocycles. The molecule has 16 rings (SSSR count). The molecule has 0 aromatic carbocycles. The molecule has 0 spiro atoms. The summed E-state index contributed by atoms with van der Waals surface area (Å²) in [6, 6.07) is 0. The number of hydrogen-bond acceptors (Lipinski definition) is 54. The van der Waals surface area contributed by atoms with E-state index in [2.05, 4.69) is 54.8 Å². The van der Waals surface area contributed by atoms with Gasteiger partial charge in [-0.05, 0) is 41.5 Å². The summed E-state index contributed by atoms with van der Waals surface area (Å²) in [6.07, 6.45) is -22.1. The van der Waals surface area contributed by atoms with Gasteiger partial charge in [-0.3, -0.25) is 85.4 Å². The number of nitrogen functional groups attached to an aromatic ring is 3. The van der Waals surface area contributed by atoms with E-state index < -0.39 is 291 Å². The minimum Gasteiger partial charge on any atom is -0.780 e. The van der Waals surface area contributed by atoms with E-state index in [9.17, 15) is 77.0 Å². The fourth-order valence-corrected chi connectivity index (χ4v) is 26.2. The van der Waals surface area contributed by atoms with Crippen LogP contribution in [-0.4, -0.2) is 219 Å². The summed E-state index contributed by atoms with van der Waals surface area (Å²) >= 11 is 37.8. The number of nitrogens with zero attached hydrogens (tertiary/aromatic N) is 13. The molecule has 0 amide bonds. The van der Waals surface area contributed by atoms with Gasteiger partial charge >= 0.3 is 28.4 Å². The van der Waals surface area contributed by atoms with Gasteiger partial charge in [0.05, 0.1) is 101 Å². The highest BCUT2D eigenvalue weighted by molar-refractivity contribution is 8.32. The predicted octanol–water partition coefficient (Wildman–Crippen LogP) is -3.66. The van der Waals surface area contributed by atoms with Crippen molar-refractivity contribution in [2.45, 2.75) is 216 Å². The summed E-state index contributed by atoms with van der Waals surface area (Å²) in [5.74, 6) is -0.544. The molecule has 28 atom stereocenters. The molecule has 73 heteroatoms. The number of aryl methyl sites for hydroxylation is 5. The first-order valence-electron chi connectivity index (χ1n) is 42.9. The zero-order valence-corrected chi connectivity index (χ0v) is 87.5. The smallest absolute Gasteiger partial charge is 0.351 e. The van der Waals surface area contributed by atoms with Gasteiger partial charge in [-0.25, -0.2) is 43.9 Å². The quantitative estimate of drug-likeness (QED) is 0.0136. The van der Waals surface area contributed by atoms with Gasteiger partial charge in [-0.1, -0.05) is 70.8 Å². The number of imidazole rings is 2. The number of ether oxygens (including phenoxy) is 7. The van der Waals surface area contributed by atoms with Crippen LogP contribution in [0.2, 0.25) is 0 Å². The summed E-state index contributed by atoms with van der Waals surface area (Å²) in [7, 11) is 1.01. The van der Waals surface area contributed by atoms with Crippen molar-refractivity contribution in [2.75, 3.05) is 64.0 Å². The number of aromatic amines is 5. The first kappa shape index (κ1) is 110. The molecule has 9 aromatic heterocycles. The fraction of sp³-hybridized carbons (Fsp3) is 0.577. The normalized spacial score (nSPS) is 29.7. The van der Waals surface area contributed by atoms with Crippen molar-refractivity contribution in [3.63, 3.8) is 0 Å². The molecule has 7 fully saturated rings. The van der Waals surface area contributed by atoms with E-state index in [4.69, 9.17) is 197 Å². The first-order chi connectivity index (χ1) is 67.6. The lowest BCUT2D eigenvalue weighted by atomic mass is 10.2. The van der Waals surface area contributed by atoms with E-state index in [-0.39, 0.29) is 93.4 Å². The number of fused-ring (bicyclic) bond motifs is 2. The third-order valence-corrected chi connectivity index (χ3v) is 34.7. The highest BCUT2D eigenvalue weighted by Crippen LogP contribution is 2.57. The number of H-pyrrole nitrogens is 5. The minimum absolute atomic E-state index is 0.0119. The van der Waals surface area contributed by atoms with Crippen LogP contribution in [0.15, 0.2) is 97.9 Å². The molecule has 0 radical (unpaired) electrons. The zero-order chi connectivity index (χ0) is 104. The van der Waals surface area contributed by atoms with Crippen molar-refractivity contribution in [2.24, 2.45) is 0 Å². The molecule has 0 saturated carbocycles. The van der Waals surface area contributed by atoms with Crippen LogP contribution in [0.3, 0.4) is 0 Å². The second-order valence-electron chi connectivity index (χ2n) is 33.6. The lowest BCUT2D eigenvalue weighted by molar-refractivity contribution is -0.221. The molecule has 0 aliphatic carbocycles. The largest absolute Gasteiger partial charge is 0.780 e. The van der Waals surface area contributed by atoms with Crippen molar-refractivity contribution in [3.05, 3.63) is 182 Å². The Hall–Kier alpha value is -6.70. The Morgan fingerprint density at radius 3 is 1.03 bits per heavy atom. The summed E-state index contributed by atoms with van der Waals surface area (Å²) in [5, 5.41) is 0. The molecule has 16 heterocycles. The van der Waals surface area contributed by atoms with E-state index in [1.165, 1.54) is 75.0 Å². The first-order valence-corrected chi connectivity index (χ1v) is 60.8. The van der Waals surface area contributed by atoms with Gasteiger partial charge in [0.15, 0.2) is 29.4 Å². The second-order valence-corrected chi connectivity index (χ2v) is 52.6. The van der Waals surface area contributed by atoms with Crippen LogP contribution in [0.1, 0.15) is 123 Å². The van der Waals surface area contributed by atoms with Crippen molar-refractivity contribution in [1.29, 1.82) is 0 Å². The van der Waals surface area contributed by atoms with Gasteiger partial charge in [0, 0.05) is 111 Å². The number of aromatic nitrogens is 18. The van der Waals surface area contributed by atoms with Crippen LogP contribution < -0.4 is 103 Å². The number of nitrogens with one attached hydrogen (secondary N) is 5. The third-order valence-electron chi connectivity index (χ3n) is 23.6. The highest BCUT2D eigenvalue weighted by Gasteiger charge is 2.49. The van der Waals surface area contributed by atoms with E-state index in [0.29, 0.717) is 0 Å². The van der Waals surface area contributed by atoms with Crippen molar-refractivity contribution in [3.8, 4) is 0 Å². The lowest BCUT2D eigenvalue weighted by Gasteiger charge is -2.36. The van der Waals surface area contributed by atoms with E-state index >= 15 is 4.89 Å². The molecule has 7 unspecified atom stereocenters. The van der Waals surface area contributed by atoms with Crippen LogP contribution in [0.5, 0.6) is 0 Å². The molecule has 0 bridgehead atoms. The van der Waals surface area contributed by atoms with Crippen LogP contribution in [0.4, 0.5) is 17.6 Å². The Kier molecular flexibility index (Phi) is 33.6. The monoisotopic (exact) mass is 2280 g/mol. The van der Waals surface area contributed by atoms with E-state index in [1.807, 2.05) is 0 Å². The maximum absolute atomic E-state index is 15.0. The molecule has 7 aliphatic rings. The van der Waals surface area contributed by atoms with Crippen LogP contribution in [0.25, 0.3) is 22.3 Å². The van der Waals surface area contributed by atoms with Crippen molar-refractivity contribution < 1.29 is 130 Å². The topological polar surface area (TPSA) is 789 Å². The Bertz CT molecular complexity index is 7440. The molecule has 11 N–H and O–H groups in total. The van der Waals surface area contributed by atoms with Crippen molar-refractivity contribution >= 4 is 170 Å². The fourth-order valence-electron chi connectivity index (χ4n) is 16.5. The van der Waals surface area contributed by atoms with Gasteiger partial charge < -0.3 is 155 Å². The minimum atomic E-state index is -5.04. The zero-order valence-electron chi connectivity index (χ0n) is 75.5. The van der Waals surface area contributed by atoms with Crippen LogP contribution in [-0.2, 0) is 184 Å². The van der Waals surface area contributed by atoms with Gasteiger partial charge in [0.25, 0.3) is 27.8 Å². The molecular weight excluding hydrogens is 2200 g/mol. The number of anilines is 3. The number of rotatable bonds is 40. The average molecular weight is 2280 g/mol. The predicted molar refractivity (Wildman–Crippen MR) is 507 cm³/mol. The van der Waals surface area contributed by atoms with Gasteiger partial charge in [-0.2, -0.15) is 9.97 Å². The van der Waals surface area contributed by atoms with Gasteiger partial charge in [0.1, 0.15) is 138 Å². The molecule has 59 nitrogen and oxygen atoms in total. The Balaban J connectivity index is 0.609. The second kappa shape index (κ2) is 43.9. The van der Waals surface area contributed by atoms with Crippen molar-refractivity contribution in [1.82, 2.24) is 86.8 Å².